The van der Waals surface area contributed by atoms with E-state index in [1.807, 2.05) is 78.8 Å². The van der Waals surface area contributed by atoms with Crippen LogP contribution >= 0.6 is 11.6 Å². The van der Waals surface area contributed by atoms with Crippen LogP contribution in [-0.2, 0) is 14.3 Å². The van der Waals surface area contributed by atoms with Crippen LogP contribution in [0, 0.1) is 26.7 Å². The van der Waals surface area contributed by atoms with Gasteiger partial charge in [0, 0.05) is 6.04 Å². The van der Waals surface area contributed by atoms with Crippen molar-refractivity contribution in [1.82, 2.24) is 10.2 Å². The van der Waals surface area contributed by atoms with Gasteiger partial charge in [-0.2, -0.15) is 0 Å². The van der Waals surface area contributed by atoms with Gasteiger partial charge in [0.25, 0.3) is 5.91 Å². The normalized spacial score (nSPS) is 13.8. The van der Waals surface area contributed by atoms with Crippen molar-refractivity contribution in [2.45, 2.75) is 99.4 Å². The number of amides is 3. The van der Waals surface area contributed by atoms with E-state index in [4.69, 9.17) is 16.3 Å². The third-order valence-electron chi connectivity index (χ3n) is 6.86. The van der Waals surface area contributed by atoms with Gasteiger partial charge in [0.1, 0.15) is 17.7 Å². The number of halogens is 1. The predicted octanol–water partition coefficient (Wildman–Crippen LogP) is 7.12. The van der Waals surface area contributed by atoms with E-state index in [0.29, 0.717) is 22.7 Å². The van der Waals surface area contributed by atoms with Crippen molar-refractivity contribution in [1.29, 1.82) is 0 Å². The zero-order valence-electron chi connectivity index (χ0n) is 24.9. The molecule has 0 heterocycles. The molecule has 0 aromatic heterocycles. The van der Waals surface area contributed by atoms with Gasteiger partial charge in [-0.3, -0.25) is 9.59 Å². The number of hydrogen-bond acceptors (Lipinski definition) is 4. The van der Waals surface area contributed by atoms with Gasteiger partial charge in [-0.25, -0.2) is 4.79 Å². The smallest absolute Gasteiger partial charge is 0.408 e. The van der Waals surface area contributed by atoms with E-state index in [9.17, 15) is 14.4 Å². The fourth-order valence-corrected chi connectivity index (χ4v) is 4.64. The predicted molar refractivity (Wildman–Crippen MR) is 158 cm³/mol. The van der Waals surface area contributed by atoms with Crippen molar-refractivity contribution in [2.24, 2.45) is 5.92 Å². The zero-order chi connectivity index (χ0) is 29.7. The molecule has 0 saturated carbocycles. The summed E-state index contributed by atoms with van der Waals surface area (Å²) in [5.74, 6) is -1.000. The lowest BCUT2D eigenvalue weighted by Crippen LogP contribution is -2.56. The van der Waals surface area contributed by atoms with Crippen molar-refractivity contribution >= 4 is 35.2 Å². The summed E-state index contributed by atoms with van der Waals surface area (Å²) in [6.45, 7) is 18.7. The lowest BCUT2D eigenvalue weighted by atomic mass is 9.92. The van der Waals surface area contributed by atoms with Crippen LogP contribution in [-0.4, -0.2) is 40.5 Å². The summed E-state index contributed by atoms with van der Waals surface area (Å²) in [5, 5.41) is 6.18. The summed E-state index contributed by atoms with van der Waals surface area (Å²) in [5.41, 5.74) is 3.22. The molecule has 0 aliphatic rings. The van der Waals surface area contributed by atoms with Gasteiger partial charge in [0.15, 0.2) is 0 Å². The number of anilines is 1. The number of para-hydroxylation sites is 1. The molecule has 0 spiro atoms. The molecule has 3 atom stereocenters. The average Bonchev–Trinajstić information content (AvgIpc) is 2.83. The molecule has 7 nitrogen and oxygen atoms in total. The number of alkyl carbamates (subject to hydrolysis) is 1. The highest BCUT2D eigenvalue weighted by Gasteiger charge is 2.40. The molecule has 0 bridgehead atoms. The summed E-state index contributed by atoms with van der Waals surface area (Å²) >= 11 is 6.46. The second-order valence-corrected chi connectivity index (χ2v) is 11.9. The first-order valence-corrected chi connectivity index (χ1v) is 13.9. The minimum atomic E-state index is -0.968. The third-order valence-corrected chi connectivity index (χ3v) is 7.18. The van der Waals surface area contributed by atoms with Crippen LogP contribution < -0.4 is 10.6 Å². The number of carbonyl (C=O) groups is 3. The first-order valence-electron chi connectivity index (χ1n) is 13.5. The summed E-state index contributed by atoms with van der Waals surface area (Å²) < 4.78 is 5.45. The second kappa shape index (κ2) is 13.3. The Morgan fingerprint density at radius 2 is 1.56 bits per heavy atom. The molecule has 3 unspecified atom stereocenters. The largest absolute Gasteiger partial charge is 0.444 e. The molecule has 2 rings (SSSR count). The van der Waals surface area contributed by atoms with Crippen LogP contribution in [0.4, 0.5) is 10.5 Å². The maximum atomic E-state index is 14.3. The van der Waals surface area contributed by atoms with Gasteiger partial charge >= 0.3 is 6.09 Å². The van der Waals surface area contributed by atoms with E-state index in [1.165, 1.54) is 0 Å². The average molecular weight is 558 g/mol. The van der Waals surface area contributed by atoms with Gasteiger partial charge in [-0.1, -0.05) is 62.7 Å². The van der Waals surface area contributed by atoms with Gasteiger partial charge in [0.2, 0.25) is 5.91 Å². The molecule has 214 valence electrons. The summed E-state index contributed by atoms with van der Waals surface area (Å²) in [7, 11) is 0. The highest BCUT2D eigenvalue weighted by Crippen LogP contribution is 2.33. The molecule has 39 heavy (non-hydrogen) atoms. The second-order valence-electron chi connectivity index (χ2n) is 11.5. The number of nitrogens with one attached hydrogen (secondary N) is 2. The quantitative estimate of drug-likeness (QED) is 0.343. The topological polar surface area (TPSA) is 87.7 Å². The number of aryl methyl sites for hydroxylation is 2. The molecule has 0 aliphatic carbocycles. The molecule has 2 aromatic carbocycles. The lowest BCUT2D eigenvalue weighted by Gasteiger charge is -2.39. The van der Waals surface area contributed by atoms with Gasteiger partial charge in [-0.15, -0.1) is 0 Å². The number of nitrogens with zero attached hydrogens (tertiary/aromatic N) is 1. The van der Waals surface area contributed by atoms with Gasteiger partial charge in [-0.05, 0) is 89.1 Å². The van der Waals surface area contributed by atoms with Crippen molar-refractivity contribution < 1.29 is 19.1 Å². The maximum Gasteiger partial charge on any atom is 0.408 e. The van der Waals surface area contributed by atoms with Gasteiger partial charge in [0.05, 0.1) is 10.7 Å². The molecule has 0 fully saturated rings. The fourth-order valence-electron chi connectivity index (χ4n) is 4.37. The van der Waals surface area contributed by atoms with E-state index < -0.39 is 23.8 Å². The molecule has 0 aliphatic heterocycles. The van der Waals surface area contributed by atoms with Crippen molar-refractivity contribution in [3.05, 3.63) is 63.7 Å². The molecular weight excluding hydrogens is 514 g/mol. The first kappa shape index (κ1) is 32.2. The van der Waals surface area contributed by atoms with Crippen molar-refractivity contribution in [2.75, 3.05) is 5.32 Å². The van der Waals surface area contributed by atoms with Crippen LogP contribution in [0.2, 0.25) is 5.02 Å². The van der Waals surface area contributed by atoms with E-state index in [0.717, 1.165) is 16.7 Å². The van der Waals surface area contributed by atoms with Gasteiger partial charge < -0.3 is 20.3 Å². The number of ether oxygens (including phenoxy) is 1. The Morgan fingerprint density at radius 3 is 2.10 bits per heavy atom. The van der Waals surface area contributed by atoms with Crippen LogP contribution in [0.15, 0.2) is 36.4 Å². The van der Waals surface area contributed by atoms with E-state index in [1.54, 1.807) is 31.7 Å². The van der Waals surface area contributed by atoms with E-state index in [-0.39, 0.29) is 23.8 Å². The minimum Gasteiger partial charge on any atom is -0.444 e. The van der Waals surface area contributed by atoms with E-state index in [2.05, 4.69) is 10.6 Å². The summed E-state index contributed by atoms with van der Waals surface area (Å²) in [4.78, 5) is 42.8. The Balaban J connectivity index is 2.66. The lowest BCUT2D eigenvalue weighted by molar-refractivity contribution is -0.144. The summed E-state index contributed by atoms with van der Waals surface area (Å²) in [6.07, 6.45) is -0.0824. The Kier molecular flexibility index (Phi) is 11.0. The number of rotatable bonds is 9. The zero-order valence-corrected chi connectivity index (χ0v) is 25.7. The minimum absolute atomic E-state index is 0.260. The molecule has 8 heteroatoms. The maximum absolute atomic E-state index is 14.3. The van der Waals surface area contributed by atoms with Crippen LogP contribution in [0.3, 0.4) is 0 Å². The monoisotopic (exact) mass is 557 g/mol. The summed E-state index contributed by atoms with van der Waals surface area (Å²) in [6, 6.07) is 8.95. The molecule has 2 aromatic rings. The number of carbonyl (C=O) groups excluding carboxylic acids is 3. The molecule has 2 N–H and O–H groups in total. The van der Waals surface area contributed by atoms with Crippen LogP contribution in [0.25, 0.3) is 0 Å². The van der Waals surface area contributed by atoms with Crippen LogP contribution in [0.1, 0.15) is 83.2 Å². The number of hydrogen-bond donors (Lipinski definition) is 2. The van der Waals surface area contributed by atoms with Crippen molar-refractivity contribution in [3.63, 3.8) is 0 Å². The Morgan fingerprint density at radius 1 is 0.974 bits per heavy atom. The molecule has 0 saturated heterocycles. The molecule has 3 amide bonds. The van der Waals surface area contributed by atoms with Crippen LogP contribution in [0.5, 0.6) is 0 Å². The third kappa shape index (κ3) is 8.21. The van der Waals surface area contributed by atoms with E-state index >= 15 is 0 Å². The first-order chi connectivity index (χ1) is 18.1. The fraction of sp³-hybridized carbons (Fsp3) is 0.516. The Bertz CT molecular complexity index is 1170. The SMILES string of the molecule is CCC(C)N(C(=O)C(NC(=O)OC(C)(C)C)C(C)C)C(C(=O)Nc1c(C)cccc1Cl)c1cccc(C)c1C. The van der Waals surface area contributed by atoms with Crippen molar-refractivity contribution in [3.8, 4) is 0 Å². The Labute approximate surface area is 238 Å². The number of benzene rings is 2. The highest BCUT2D eigenvalue weighted by molar-refractivity contribution is 6.34. The highest BCUT2D eigenvalue weighted by atomic mass is 35.5. The Hall–Kier alpha value is -3.06. The standard InChI is InChI=1S/C31H44ClN3O4/c1-11-21(6)35(29(37)25(18(2)3)34-30(38)39-31(8,9)10)27(23-16-12-14-19(4)22(23)7)28(36)33-26-20(5)15-13-17-24(26)32/h12-18,21,25,27H,11H2,1-10H3,(H,33,36)(H,34,38). The molecule has 0 radical (unpaired) electrons. The molecular formula is C31H44ClN3O4.